The molecular weight excluding hydrogens is 250 g/mol. The minimum Gasteiger partial charge on any atom is -0.466 e. The lowest BCUT2D eigenvalue weighted by Gasteiger charge is -2.04. The molecule has 0 heterocycles. The maximum absolute atomic E-state index is 11.1. The van der Waals surface area contributed by atoms with E-state index in [1.807, 2.05) is 6.92 Å². The number of hydrogen-bond donors (Lipinski definition) is 1. The van der Waals surface area contributed by atoms with Gasteiger partial charge in [-0.1, -0.05) is 44.8 Å². The third-order valence-electron chi connectivity index (χ3n) is 3.19. The van der Waals surface area contributed by atoms with Crippen LogP contribution in [0, 0.1) is 0 Å². The molecule has 0 atom stereocenters. The van der Waals surface area contributed by atoms with Crippen LogP contribution in [0.2, 0.25) is 0 Å². The summed E-state index contributed by atoms with van der Waals surface area (Å²) >= 11 is 0. The molecule has 0 aromatic carbocycles. The number of allylic oxidation sites excluding steroid dienone is 2. The largest absolute Gasteiger partial charge is 0.466 e. The maximum Gasteiger partial charge on any atom is 0.307 e. The van der Waals surface area contributed by atoms with Crippen LogP contribution >= 0.6 is 0 Å². The van der Waals surface area contributed by atoms with Crippen LogP contribution in [0.5, 0.6) is 0 Å². The van der Waals surface area contributed by atoms with Crippen LogP contribution in [0.25, 0.3) is 0 Å². The highest BCUT2D eigenvalue weighted by Gasteiger charge is 1.99. The minimum atomic E-state index is -0.0999. The number of unbranched alkanes of at least 4 members (excludes halogenated alkanes) is 6. The molecule has 0 saturated heterocycles. The van der Waals surface area contributed by atoms with Crippen LogP contribution < -0.4 is 5.32 Å². The molecule has 0 saturated carbocycles. The summed E-state index contributed by atoms with van der Waals surface area (Å²) in [5, 5.41) is 3.29. The fraction of sp³-hybridized carbons (Fsp3) is 0.824. The summed E-state index contributed by atoms with van der Waals surface area (Å²) in [5.74, 6) is -0.0999. The van der Waals surface area contributed by atoms with Gasteiger partial charge in [-0.05, 0) is 39.2 Å². The topological polar surface area (TPSA) is 38.3 Å². The Morgan fingerprint density at radius 1 is 0.950 bits per heavy atom. The molecule has 3 nitrogen and oxygen atoms in total. The first-order valence-electron chi connectivity index (χ1n) is 8.32. The predicted molar refractivity (Wildman–Crippen MR) is 85.9 cm³/mol. The van der Waals surface area contributed by atoms with E-state index in [2.05, 4.69) is 24.4 Å². The Hall–Kier alpha value is -0.830. The first kappa shape index (κ1) is 19.2. The van der Waals surface area contributed by atoms with Gasteiger partial charge in [0.15, 0.2) is 0 Å². The lowest BCUT2D eigenvalue weighted by atomic mass is 10.1. The van der Waals surface area contributed by atoms with Crippen LogP contribution in [0.15, 0.2) is 12.2 Å². The van der Waals surface area contributed by atoms with E-state index in [1.54, 1.807) is 0 Å². The molecule has 20 heavy (non-hydrogen) atoms. The van der Waals surface area contributed by atoms with Gasteiger partial charge in [0.1, 0.15) is 0 Å². The van der Waals surface area contributed by atoms with Gasteiger partial charge < -0.3 is 10.1 Å². The number of nitrogens with one attached hydrogen (secondary N) is 1. The number of rotatable bonds is 14. The molecule has 0 aliphatic rings. The maximum atomic E-state index is 11.1. The van der Waals surface area contributed by atoms with E-state index in [-0.39, 0.29) is 5.97 Å². The standard InChI is InChI=1S/C17H33NO2/c1-3-5-6-7-8-9-10-11-12-13-15-18-16-14-17(19)20-4-2/h5-6,18H,3-4,7-16H2,1-2H3/b6-5-. The fourth-order valence-electron chi connectivity index (χ4n) is 2.05. The van der Waals surface area contributed by atoms with Crippen LogP contribution in [0.3, 0.4) is 0 Å². The quantitative estimate of drug-likeness (QED) is 0.294. The van der Waals surface area contributed by atoms with Gasteiger partial charge in [0, 0.05) is 6.54 Å². The van der Waals surface area contributed by atoms with Gasteiger partial charge in [0.05, 0.1) is 13.0 Å². The number of carbonyl (C=O) groups excluding carboxylic acids is 1. The lowest BCUT2D eigenvalue weighted by Crippen LogP contribution is -2.20. The second-order valence-corrected chi connectivity index (χ2v) is 5.09. The smallest absolute Gasteiger partial charge is 0.307 e. The van der Waals surface area contributed by atoms with Gasteiger partial charge in [0.25, 0.3) is 0 Å². The SMILES string of the molecule is CC/C=C\CCCCCCCCNCCC(=O)OCC. The summed E-state index contributed by atoms with van der Waals surface area (Å²) in [7, 11) is 0. The van der Waals surface area contributed by atoms with Crippen molar-refractivity contribution in [1.29, 1.82) is 0 Å². The molecular formula is C17H33NO2. The van der Waals surface area contributed by atoms with Gasteiger partial charge >= 0.3 is 5.97 Å². The zero-order valence-electron chi connectivity index (χ0n) is 13.5. The Labute approximate surface area is 125 Å². The van der Waals surface area contributed by atoms with E-state index in [0.717, 1.165) is 19.5 Å². The zero-order chi connectivity index (χ0) is 14.9. The highest BCUT2D eigenvalue weighted by Crippen LogP contribution is 2.07. The summed E-state index contributed by atoms with van der Waals surface area (Å²) in [6.07, 6.45) is 15.3. The Bertz CT molecular complexity index is 239. The molecule has 118 valence electrons. The van der Waals surface area contributed by atoms with Crippen molar-refractivity contribution in [2.45, 2.75) is 71.6 Å². The average molecular weight is 283 g/mol. The summed E-state index contributed by atoms with van der Waals surface area (Å²) in [4.78, 5) is 11.1. The van der Waals surface area contributed by atoms with Crippen molar-refractivity contribution >= 4 is 5.97 Å². The van der Waals surface area contributed by atoms with Crippen LogP contribution in [0.1, 0.15) is 71.6 Å². The van der Waals surface area contributed by atoms with Crippen molar-refractivity contribution in [2.24, 2.45) is 0 Å². The predicted octanol–water partition coefficient (Wildman–Crippen LogP) is 4.23. The molecule has 0 aliphatic heterocycles. The Morgan fingerprint density at radius 3 is 2.35 bits per heavy atom. The molecule has 0 spiro atoms. The van der Waals surface area contributed by atoms with Crippen molar-refractivity contribution in [3.05, 3.63) is 12.2 Å². The van der Waals surface area contributed by atoms with Crippen LogP contribution in [-0.2, 0) is 9.53 Å². The summed E-state index contributed by atoms with van der Waals surface area (Å²) in [6.45, 7) is 6.25. The number of esters is 1. The van der Waals surface area contributed by atoms with Gasteiger partial charge in [0.2, 0.25) is 0 Å². The molecule has 0 rings (SSSR count). The van der Waals surface area contributed by atoms with Crippen molar-refractivity contribution in [3.8, 4) is 0 Å². The van der Waals surface area contributed by atoms with Crippen molar-refractivity contribution < 1.29 is 9.53 Å². The molecule has 0 fully saturated rings. The third kappa shape index (κ3) is 15.2. The number of ether oxygens (including phenoxy) is 1. The highest BCUT2D eigenvalue weighted by molar-refractivity contribution is 5.69. The van der Waals surface area contributed by atoms with E-state index in [1.165, 1.54) is 44.9 Å². The zero-order valence-corrected chi connectivity index (χ0v) is 13.5. The molecule has 0 aromatic heterocycles. The Kier molecular flexibility index (Phi) is 15.6. The van der Waals surface area contributed by atoms with Gasteiger partial charge in [-0.15, -0.1) is 0 Å². The molecule has 0 aliphatic carbocycles. The lowest BCUT2D eigenvalue weighted by molar-refractivity contribution is -0.142. The van der Waals surface area contributed by atoms with Crippen LogP contribution in [-0.4, -0.2) is 25.7 Å². The molecule has 0 unspecified atom stereocenters. The molecule has 0 amide bonds. The first-order chi connectivity index (χ1) is 9.81. The second kappa shape index (κ2) is 16.2. The normalized spacial score (nSPS) is 11.1. The molecule has 0 radical (unpaired) electrons. The van der Waals surface area contributed by atoms with Crippen molar-refractivity contribution in [1.82, 2.24) is 5.32 Å². The van der Waals surface area contributed by atoms with E-state index in [4.69, 9.17) is 4.74 Å². The summed E-state index contributed by atoms with van der Waals surface area (Å²) < 4.78 is 4.87. The summed E-state index contributed by atoms with van der Waals surface area (Å²) in [6, 6.07) is 0. The van der Waals surface area contributed by atoms with Crippen molar-refractivity contribution in [2.75, 3.05) is 19.7 Å². The molecule has 0 bridgehead atoms. The number of hydrogen-bond acceptors (Lipinski definition) is 3. The van der Waals surface area contributed by atoms with E-state index in [9.17, 15) is 4.79 Å². The van der Waals surface area contributed by atoms with E-state index >= 15 is 0 Å². The molecule has 1 N–H and O–H groups in total. The van der Waals surface area contributed by atoms with Crippen LogP contribution in [0.4, 0.5) is 0 Å². The second-order valence-electron chi connectivity index (χ2n) is 5.09. The first-order valence-corrected chi connectivity index (χ1v) is 8.32. The van der Waals surface area contributed by atoms with E-state index in [0.29, 0.717) is 13.0 Å². The van der Waals surface area contributed by atoms with Gasteiger partial charge in [-0.25, -0.2) is 0 Å². The average Bonchev–Trinajstić information content (AvgIpc) is 2.44. The Balaban J connectivity index is 3.06. The van der Waals surface area contributed by atoms with Gasteiger partial charge in [-0.3, -0.25) is 4.79 Å². The number of carbonyl (C=O) groups is 1. The van der Waals surface area contributed by atoms with Crippen molar-refractivity contribution in [3.63, 3.8) is 0 Å². The van der Waals surface area contributed by atoms with E-state index < -0.39 is 0 Å². The third-order valence-corrected chi connectivity index (χ3v) is 3.19. The Morgan fingerprint density at radius 2 is 1.65 bits per heavy atom. The monoisotopic (exact) mass is 283 g/mol. The molecule has 3 heteroatoms. The minimum absolute atomic E-state index is 0.0999. The van der Waals surface area contributed by atoms with Gasteiger partial charge in [-0.2, -0.15) is 0 Å². The molecule has 0 aromatic rings. The fourth-order valence-corrected chi connectivity index (χ4v) is 2.05. The summed E-state index contributed by atoms with van der Waals surface area (Å²) in [5.41, 5.74) is 0. The highest BCUT2D eigenvalue weighted by atomic mass is 16.5.